The Kier molecular flexibility index (Phi) is 2.87. The molecule has 3 rings (SSSR count). The first-order chi connectivity index (χ1) is 9.28. The van der Waals surface area contributed by atoms with Gasteiger partial charge in [-0.25, -0.2) is 4.98 Å². The summed E-state index contributed by atoms with van der Waals surface area (Å²) in [5.74, 6) is 1.21. The summed E-state index contributed by atoms with van der Waals surface area (Å²) in [5.41, 5.74) is 2.41. The Bertz CT molecular complexity index is 611. The zero-order chi connectivity index (χ0) is 13.2. The number of hydrogen-bond donors (Lipinski definition) is 0. The minimum atomic E-state index is 0.603. The van der Waals surface area contributed by atoms with Crippen molar-refractivity contribution in [1.82, 2.24) is 9.97 Å². The number of anilines is 1. The fraction of sp³-hybridized carbons (Fsp3) is 0.214. The third kappa shape index (κ3) is 2.14. The molecule has 0 atom stereocenters. The number of rotatable bonds is 2. The van der Waals surface area contributed by atoms with Gasteiger partial charge in [-0.1, -0.05) is 24.3 Å². The second-order valence-corrected chi connectivity index (χ2v) is 4.39. The summed E-state index contributed by atoms with van der Waals surface area (Å²) in [6.45, 7) is 1.47. The minimum absolute atomic E-state index is 0.603. The highest BCUT2D eigenvalue weighted by Gasteiger charge is 2.17. The molecule has 5 heteroatoms. The number of carbonyl (C=O) groups excluding carboxylic acids is 1. The van der Waals surface area contributed by atoms with Crippen LogP contribution in [0, 0.1) is 0 Å². The van der Waals surface area contributed by atoms with Gasteiger partial charge in [0, 0.05) is 18.2 Å². The number of aldehydes is 1. The van der Waals surface area contributed by atoms with Gasteiger partial charge in [0.2, 0.25) is 5.88 Å². The van der Waals surface area contributed by atoms with Gasteiger partial charge in [-0.3, -0.25) is 4.79 Å². The van der Waals surface area contributed by atoms with Gasteiger partial charge >= 0.3 is 0 Å². The summed E-state index contributed by atoms with van der Waals surface area (Å²) in [6, 6.07) is 7.16. The van der Waals surface area contributed by atoms with Crippen molar-refractivity contribution in [3.63, 3.8) is 0 Å². The van der Waals surface area contributed by atoms with Crippen molar-refractivity contribution in [2.75, 3.05) is 25.1 Å². The van der Waals surface area contributed by atoms with E-state index in [2.05, 4.69) is 14.9 Å². The summed E-state index contributed by atoms with van der Waals surface area (Å²) in [6.07, 6.45) is 2.58. The lowest BCUT2D eigenvalue weighted by Crippen LogP contribution is -2.29. The fourth-order valence-corrected chi connectivity index (χ4v) is 1.98. The van der Waals surface area contributed by atoms with Gasteiger partial charge in [0.25, 0.3) is 0 Å². The first kappa shape index (κ1) is 11.6. The first-order valence-corrected chi connectivity index (χ1v) is 6.04. The molecule has 0 N–H and O–H groups in total. The molecule has 1 aliphatic heterocycles. The maximum atomic E-state index is 10.6. The smallest absolute Gasteiger partial charge is 0.241 e. The highest BCUT2D eigenvalue weighted by Crippen LogP contribution is 2.29. The number of likely N-dealkylation sites (N-methyl/N-ethyl adjacent to an activating group) is 1. The molecule has 2 aromatic rings. The van der Waals surface area contributed by atoms with Crippen molar-refractivity contribution in [1.29, 1.82) is 0 Å². The van der Waals surface area contributed by atoms with Crippen LogP contribution in [0.15, 0.2) is 30.5 Å². The van der Waals surface area contributed by atoms with E-state index in [4.69, 9.17) is 4.74 Å². The van der Waals surface area contributed by atoms with Crippen LogP contribution in [0.3, 0.4) is 0 Å². The molecule has 5 nitrogen and oxygen atoms in total. The molecular formula is C14H13N3O2. The molecular weight excluding hydrogens is 242 g/mol. The Hall–Kier alpha value is -2.43. The Labute approximate surface area is 110 Å². The molecule has 0 saturated carbocycles. The average Bonchev–Trinajstić information content (AvgIpc) is 2.47. The predicted molar refractivity (Wildman–Crippen MR) is 71.6 cm³/mol. The number of ether oxygens (including phenoxy) is 1. The molecule has 0 aliphatic carbocycles. The maximum absolute atomic E-state index is 10.6. The van der Waals surface area contributed by atoms with Crippen molar-refractivity contribution in [2.45, 2.75) is 0 Å². The third-order valence-electron chi connectivity index (χ3n) is 3.12. The average molecular weight is 255 g/mol. The first-order valence-electron chi connectivity index (χ1n) is 6.04. The van der Waals surface area contributed by atoms with E-state index in [-0.39, 0.29) is 0 Å². The van der Waals surface area contributed by atoms with Crippen molar-refractivity contribution in [2.24, 2.45) is 0 Å². The molecule has 0 saturated heterocycles. The molecule has 0 bridgehead atoms. The minimum Gasteiger partial charge on any atom is -0.474 e. The van der Waals surface area contributed by atoms with Crippen LogP contribution in [0.25, 0.3) is 11.4 Å². The fourth-order valence-electron chi connectivity index (χ4n) is 1.98. The summed E-state index contributed by atoms with van der Waals surface area (Å²) in [7, 11) is 1.99. The zero-order valence-corrected chi connectivity index (χ0v) is 10.5. The van der Waals surface area contributed by atoms with Gasteiger partial charge in [-0.05, 0) is 0 Å². The standard InChI is InChI=1S/C14H13N3O2/c1-17-6-7-19-14-12(17)8-15-13(16-14)11-4-2-10(9-18)3-5-11/h2-5,8-9H,6-7H2,1H3. The SMILES string of the molecule is CN1CCOc2nc(-c3ccc(C=O)cc3)ncc21. The Balaban J connectivity index is 1.99. The molecule has 2 heterocycles. The molecule has 0 amide bonds. The number of aromatic nitrogens is 2. The van der Waals surface area contributed by atoms with Gasteiger partial charge < -0.3 is 9.64 Å². The van der Waals surface area contributed by atoms with E-state index < -0.39 is 0 Å². The second-order valence-electron chi connectivity index (χ2n) is 4.39. The van der Waals surface area contributed by atoms with E-state index in [0.29, 0.717) is 23.9 Å². The Morgan fingerprint density at radius 3 is 2.84 bits per heavy atom. The van der Waals surface area contributed by atoms with Gasteiger partial charge in [0.15, 0.2) is 5.82 Å². The Morgan fingerprint density at radius 2 is 2.11 bits per heavy atom. The van der Waals surface area contributed by atoms with E-state index in [9.17, 15) is 4.79 Å². The lowest BCUT2D eigenvalue weighted by molar-refractivity contribution is 0.112. The molecule has 0 unspecified atom stereocenters. The van der Waals surface area contributed by atoms with Crippen LogP contribution >= 0.6 is 0 Å². The largest absolute Gasteiger partial charge is 0.474 e. The van der Waals surface area contributed by atoms with Crippen LogP contribution in [-0.2, 0) is 0 Å². The lowest BCUT2D eigenvalue weighted by Gasteiger charge is -2.26. The van der Waals surface area contributed by atoms with Crippen molar-refractivity contribution in [3.05, 3.63) is 36.0 Å². The number of carbonyl (C=O) groups is 1. The Morgan fingerprint density at radius 1 is 1.32 bits per heavy atom. The zero-order valence-electron chi connectivity index (χ0n) is 10.5. The van der Waals surface area contributed by atoms with Crippen LogP contribution in [0.2, 0.25) is 0 Å². The molecule has 96 valence electrons. The van der Waals surface area contributed by atoms with E-state index >= 15 is 0 Å². The summed E-state index contributed by atoms with van der Waals surface area (Å²) in [4.78, 5) is 21.5. The monoisotopic (exact) mass is 255 g/mol. The maximum Gasteiger partial charge on any atom is 0.241 e. The van der Waals surface area contributed by atoms with Gasteiger partial charge in [-0.15, -0.1) is 0 Å². The number of benzene rings is 1. The van der Waals surface area contributed by atoms with E-state index in [1.165, 1.54) is 0 Å². The lowest BCUT2D eigenvalue weighted by atomic mass is 10.1. The molecule has 19 heavy (non-hydrogen) atoms. The number of hydrogen-bond acceptors (Lipinski definition) is 5. The molecule has 0 spiro atoms. The quantitative estimate of drug-likeness (QED) is 0.766. The van der Waals surface area contributed by atoms with Crippen molar-refractivity contribution >= 4 is 12.0 Å². The van der Waals surface area contributed by atoms with Crippen LogP contribution in [0.1, 0.15) is 10.4 Å². The molecule has 0 fully saturated rings. The van der Waals surface area contributed by atoms with Crippen LogP contribution < -0.4 is 9.64 Å². The molecule has 1 aromatic carbocycles. The van der Waals surface area contributed by atoms with Gasteiger partial charge in [0.1, 0.15) is 18.6 Å². The van der Waals surface area contributed by atoms with E-state index in [0.717, 1.165) is 24.1 Å². The summed E-state index contributed by atoms with van der Waals surface area (Å²) < 4.78 is 5.55. The highest BCUT2D eigenvalue weighted by atomic mass is 16.5. The highest BCUT2D eigenvalue weighted by molar-refractivity contribution is 5.76. The topological polar surface area (TPSA) is 55.3 Å². The normalized spacial score (nSPS) is 13.6. The van der Waals surface area contributed by atoms with Gasteiger partial charge in [-0.2, -0.15) is 4.98 Å². The van der Waals surface area contributed by atoms with Crippen LogP contribution in [0.5, 0.6) is 5.88 Å². The predicted octanol–water partition coefficient (Wildman–Crippen LogP) is 1.78. The number of fused-ring (bicyclic) bond motifs is 1. The van der Waals surface area contributed by atoms with Crippen LogP contribution in [-0.4, -0.2) is 36.5 Å². The second kappa shape index (κ2) is 4.68. The molecule has 0 radical (unpaired) electrons. The summed E-state index contributed by atoms with van der Waals surface area (Å²) in [5, 5.41) is 0. The van der Waals surface area contributed by atoms with E-state index in [1.54, 1.807) is 18.3 Å². The molecule has 1 aliphatic rings. The summed E-state index contributed by atoms with van der Waals surface area (Å²) >= 11 is 0. The van der Waals surface area contributed by atoms with Gasteiger partial charge in [0.05, 0.1) is 12.7 Å². The van der Waals surface area contributed by atoms with Crippen LogP contribution in [0.4, 0.5) is 5.69 Å². The van der Waals surface area contributed by atoms with Crippen molar-refractivity contribution in [3.8, 4) is 17.3 Å². The van der Waals surface area contributed by atoms with Crippen molar-refractivity contribution < 1.29 is 9.53 Å². The third-order valence-corrected chi connectivity index (χ3v) is 3.12. The molecule has 1 aromatic heterocycles. The number of nitrogens with zero attached hydrogens (tertiary/aromatic N) is 3. The van der Waals surface area contributed by atoms with E-state index in [1.807, 2.05) is 19.2 Å².